The maximum Gasteiger partial charge on any atom is 0.169 e. The molecule has 13 rings (SSSR count). The molecule has 72 heavy (non-hydrogen) atoms. The number of aromatic nitrogens is 8. The first-order chi connectivity index (χ1) is 35.5. The summed E-state index contributed by atoms with van der Waals surface area (Å²) in [6.45, 7) is 0. The van der Waals surface area contributed by atoms with Crippen LogP contribution in [0.3, 0.4) is 0 Å². The second-order valence-electron chi connectivity index (χ2n) is 17.4. The summed E-state index contributed by atoms with van der Waals surface area (Å²) in [5.41, 5.74) is 14.1. The van der Waals surface area contributed by atoms with E-state index in [9.17, 15) is 0 Å². The Bertz CT molecular complexity index is 4310. The summed E-state index contributed by atoms with van der Waals surface area (Å²) in [5, 5.41) is 3.65. The summed E-state index contributed by atoms with van der Waals surface area (Å²) in [6.07, 6.45) is 15.3. The van der Waals surface area contributed by atoms with Crippen molar-refractivity contribution in [2.75, 3.05) is 28.4 Å². The molecule has 2 aliphatic heterocycles. The van der Waals surface area contributed by atoms with Gasteiger partial charge in [-0.05, 0) is 103 Å². The molecular weight excluding hydrogens is 897 g/mol. The predicted octanol–water partition coefficient (Wildman–Crippen LogP) is 13.3. The van der Waals surface area contributed by atoms with Gasteiger partial charge in [-0.2, -0.15) is 0 Å². The maximum absolute atomic E-state index is 6.58. The van der Waals surface area contributed by atoms with Gasteiger partial charge >= 0.3 is 0 Å². The lowest BCUT2D eigenvalue weighted by atomic mass is 9.90. The van der Waals surface area contributed by atoms with Crippen LogP contribution in [0.15, 0.2) is 152 Å². The Morgan fingerprint density at radius 1 is 0.403 bits per heavy atom. The molecule has 2 aliphatic rings. The number of fused-ring (bicyclic) bond motifs is 12. The van der Waals surface area contributed by atoms with Crippen LogP contribution in [0.1, 0.15) is 22.8 Å². The van der Waals surface area contributed by atoms with E-state index < -0.39 is 0 Å². The van der Waals surface area contributed by atoms with Crippen LogP contribution in [-0.4, -0.2) is 67.9 Å². The Labute approximate surface area is 412 Å². The topological polar surface area (TPSA) is 135 Å². The highest BCUT2D eigenvalue weighted by Crippen LogP contribution is 2.54. The molecule has 12 heteroatoms. The normalized spacial score (nSPS) is 12.1. The van der Waals surface area contributed by atoms with Crippen molar-refractivity contribution in [3.63, 3.8) is 0 Å². The smallest absolute Gasteiger partial charge is 0.169 e. The van der Waals surface area contributed by atoms with Gasteiger partial charge in [0.1, 0.15) is 22.1 Å². The lowest BCUT2D eigenvalue weighted by Gasteiger charge is -2.19. The van der Waals surface area contributed by atoms with Gasteiger partial charge in [0, 0.05) is 90.7 Å². The van der Waals surface area contributed by atoms with Gasteiger partial charge in [-0.1, -0.05) is 48.5 Å². The molecule has 12 nitrogen and oxygen atoms in total. The van der Waals surface area contributed by atoms with Crippen molar-refractivity contribution >= 4 is 90.0 Å². The number of nitrogens with zero attached hydrogens (tertiary/aromatic N) is 7. The highest BCUT2D eigenvalue weighted by Gasteiger charge is 2.32. The number of rotatable bonds is 8. The lowest BCUT2D eigenvalue weighted by Crippen LogP contribution is -2.02. The monoisotopic (exact) mass is 938 g/mol. The Kier molecular flexibility index (Phi) is 10.1. The number of nitrogens with one attached hydrogen (secondary N) is 1. The maximum atomic E-state index is 6.58. The minimum Gasteiger partial charge on any atom is -0.494 e. The highest BCUT2D eigenvalue weighted by molar-refractivity contribution is 6.16. The molecule has 8 bridgehead atoms. The van der Waals surface area contributed by atoms with E-state index in [1.807, 2.05) is 91.0 Å². The van der Waals surface area contributed by atoms with Crippen LogP contribution in [0.25, 0.3) is 129 Å². The molecule has 7 aromatic heterocycles. The average Bonchev–Trinajstić information content (AvgIpc) is 4.25. The Balaban J connectivity index is 1.39. The van der Waals surface area contributed by atoms with Crippen molar-refractivity contribution in [1.82, 2.24) is 39.5 Å². The van der Waals surface area contributed by atoms with E-state index in [1.165, 1.54) is 0 Å². The lowest BCUT2D eigenvalue weighted by molar-refractivity contribution is 0.417. The summed E-state index contributed by atoms with van der Waals surface area (Å²) < 4.78 is 28.5. The van der Waals surface area contributed by atoms with Crippen molar-refractivity contribution in [2.45, 2.75) is 0 Å². The van der Waals surface area contributed by atoms with Crippen molar-refractivity contribution in [3.8, 4) is 62.1 Å². The van der Waals surface area contributed by atoms with Crippen LogP contribution in [0.2, 0.25) is 0 Å². The van der Waals surface area contributed by atoms with Crippen LogP contribution in [-0.2, 0) is 0 Å². The van der Waals surface area contributed by atoms with Crippen LogP contribution in [0.4, 0.5) is 0 Å². The van der Waals surface area contributed by atoms with Crippen LogP contribution < -0.4 is 18.9 Å². The summed E-state index contributed by atoms with van der Waals surface area (Å²) in [6, 6.07) is 42.9. The van der Waals surface area contributed by atoms with Crippen molar-refractivity contribution < 1.29 is 18.9 Å². The van der Waals surface area contributed by atoms with Crippen LogP contribution >= 0.6 is 0 Å². The molecule has 1 N–H and O–H groups in total. The molecule has 0 aliphatic carbocycles. The van der Waals surface area contributed by atoms with Gasteiger partial charge in [-0.3, -0.25) is 19.9 Å². The number of benzene rings is 4. The molecule has 0 fully saturated rings. The molecule has 0 saturated heterocycles. The standard InChI is InChI=1S/C60H42N8O4/c1-69-57-43(22-13-34-9-5-27-61-52(34)57)49-46-25-21-41(67-46)32-40-18-17-38(65-40)31-39-19-20-42(66-39)33-48-50(44-23-14-35-10-6-28-62-53(35)58(44)70-2)51(45-24-15-36-11-7-29-63-54(36)59(45)71-3)56(49)68(48)47-26-16-37-12-8-30-64-55(37)60(47)72-4/h5-33,65H,1-4H3. The molecule has 0 saturated carbocycles. The molecule has 0 spiro atoms. The molecule has 0 radical (unpaired) electrons. The predicted molar refractivity (Wildman–Crippen MR) is 288 cm³/mol. The van der Waals surface area contributed by atoms with Gasteiger partial charge in [-0.15, -0.1) is 0 Å². The molecule has 346 valence electrons. The number of pyridine rings is 4. The zero-order chi connectivity index (χ0) is 48.5. The SMILES string of the molecule is COc1c(-c2c(-c3ccc4cccnc4c3OC)c3c(-c4ccc5cccnc5c4OC)c4nc(cc5ccc(cc6nc(cc2n3-c2ccc3cccnc3c2OC)C=C6)[nH]5)C=C4)ccc2cccnc12. The third-order valence-electron chi connectivity index (χ3n) is 13.4. The first-order valence-corrected chi connectivity index (χ1v) is 23.4. The van der Waals surface area contributed by atoms with Crippen LogP contribution in [0.5, 0.6) is 23.0 Å². The van der Waals surface area contributed by atoms with E-state index in [0.29, 0.717) is 67.7 Å². The number of methoxy groups -OCH3 is 4. The highest BCUT2D eigenvalue weighted by atomic mass is 16.5. The van der Waals surface area contributed by atoms with Gasteiger partial charge in [0.05, 0.1) is 67.9 Å². The van der Waals surface area contributed by atoms with E-state index >= 15 is 0 Å². The van der Waals surface area contributed by atoms with Crippen LogP contribution in [0, 0.1) is 0 Å². The number of H-pyrrole nitrogens is 1. The molecular formula is C60H42N8O4. The average molecular weight is 939 g/mol. The van der Waals surface area contributed by atoms with Gasteiger partial charge in [0.25, 0.3) is 0 Å². The summed E-state index contributed by atoms with van der Waals surface area (Å²) in [7, 11) is 6.76. The largest absolute Gasteiger partial charge is 0.494 e. The number of aromatic amines is 1. The summed E-state index contributed by atoms with van der Waals surface area (Å²) >= 11 is 0. The quantitative estimate of drug-likeness (QED) is 0.157. The fraction of sp³-hybridized carbons (Fsp3) is 0.0667. The minimum absolute atomic E-state index is 0.549. The Morgan fingerprint density at radius 3 is 1.35 bits per heavy atom. The minimum atomic E-state index is 0.549. The van der Waals surface area contributed by atoms with E-state index in [0.717, 1.165) is 82.9 Å². The van der Waals surface area contributed by atoms with Gasteiger partial charge < -0.3 is 28.5 Å². The Hall–Kier alpha value is -9.68. The van der Waals surface area contributed by atoms with Crippen molar-refractivity contribution in [1.29, 1.82) is 0 Å². The fourth-order valence-corrected chi connectivity index (χ4v) is 10.4. The molecule has 4 aromatic carbocycles. The molecule has 9 heterocycles. The fourth-order valence-electron chi connectivity index (χ4n) is 10.4. The number of hydrogen-bond acceptors (Lipinski definition) is 10. The second-order valence-corrected chi connectivity index (χ2v) is 17.4. The van der Waals surface area contributed by atoms with Gasteiger partial charge in [0.2, 0.25) is 0 Å². The summed E-state index contributed by atoms with van der Waals surface area (Å²) in [4.78, 5) is 34.1. The Morgan fingerprint density at radius 2 is 0.833 bits per heavy atom. The third-order valence-corrected chi connectivity index (χ3v) is 13.4. The van der Waals surface area contributed by atoms with Crippen molar-refractivity contribution in [2.24, 2.45) is 0 Å². The molecule has 0 atom stereocenters. The van der Waals surface area contributed by atoms with Gasteiger partial charge in [-0.25, -0.2) is 9.97 Å². The molecule has 0 unspecified atom stereocenters. The van der Waals surface area contributed by atoms with E-state index in [4.69, 9.17) is 48.9 Å². The first kappa shape index (κ1) is 42.4. The zero-order valence-corrected chi connectivity index (χ0v) is 39.5. The summed E-state index contributed by atoms with van der Waals surface area (Å²) in [5.74, 6) is 2.26. The van der Waals surface area contributed by atoms with Gasteiger partial charge in [0.15, 0.2) is 23.0 Å². The zero-order valence-electron chi connectivity index (χ0n) is 39.5. The number of ether oxygens (including phenoxy) is 4. The number of hydrogen-bond donors (Lipinski definition) is 1. The molecule has 11 aromatic rings. The van der Waals surface area contributed by atoms with E-state index in [1.54, 1.807) is 53.2 Å². The van der Waals surface area contributed by atoms with E-state index in [2.05, 4.69) is 70.2 Å². The first-order valence-electron chi connectivity index (χ1n) is 23.4. The third kappa shape index (κ3) is 6.75. The van der Waals surface area contributed by atoms with Crippen molar-refractivity contribution in [3.05, 3.63) is 175 Å². The molecule has 0 amide bonds. The van der Waals surface area contributed by atoms with E-state index in [-0.39, 0.29) is 0 Å². The second kappa shape index (κ2) is 17.1.